The zero-order valence-corrected chi connectivity index (χ0v) is 23.6. The zero-order valence-electron chi connectivity index (χ0n) is 16.8. The average Bonchev–Trinajstić information content (AvgIpc) is 2.53. The van der Waals surface area contributed by atoms with Crippen LogP contribution in [-0.2, 0) is 14.3 Å². The molecule has 0 aromatic heterocycles. The zero-order chi connectivity index (χ0) is 16.1. The molecule has 129 valence electrons. The summed E-state index contributed by atoms with van der Waals surface area (Å²) in [5.74, 6) is 0. The summed E-state index contributed by atoms with van der Waals surface area (Å²) in [5.41, 5.74) is 0. The second-order valence-corrected chi connectivity index (χ2v) is 7.39. The Hall–Kier alpha value is 2.13. The summed E-state index contributed by atoms with van der Waals surface area (Å²) in [5, 5.41) is 0. The van der Waals surface area contributed by atoms with E-state index >= 15 is 0 Å². The molecule has 0 N–H and O–H groups in total. The van der Waals surface area contributed by atoms with Crippen molar-refractivity contribution in [2.75, 3.05) is 6.61 Å². The molecule has 0 bridgehead atoms. The van der Waals surface area contributed by atoms with Gasteiger partial charge in [-0.25, -0.2) is 0 Å². The van der Waals surface area contributed by atoms with Gasteiger partial charge < -0.3 is 0 Å². The molecule has 7 heteroatoms. The fourth-order valence-corrected chi connectivity index (χ4v) is 3.38. The van der Waals surface area contributed by atoms with Crippen molar-refractivity contribution in [2.45, 2.75) is 76.0 Å². The Bertz CT molecular complexity index is 482. The molecule has 0 unspecified atom stereocenters. The van der Waals surface area contributed by atoms with Crippen molar-refractivity contribution >= 4 is 98.8 Å². The Morgan fingerprint density at radius 3 is 1.64 bits per heavy atom. The number of benzene rings is 1. The van der Waals surface area contributed by atoms with E-state index in [1.807, 2.05) is 0 Å². The predicted octanol–water partition coefficient (Wildman–Crippen LogP) is 4.17. The fraction of sp³-hybridized carbons (Fsp3) is 0.667. The van der Waals surface area contributed by atoms with E-state index < -0.39 is 10.1 Å². The van der Waals surface area contributed by atoms with Gasteiger partial charge in [0.25, 0.3) is 10.1 Å². The van der Waals surface area contributed by atoms with E-state index in [4.69, 9.17) is 4.18 Å². The van der Waals surface area contributed by atoms with Crippen LogP contribution in [0, 0.1) is 0 Å². The van der Waals surface area contributed by atoms with Crippen LogP contribution >= 0.6 is 0 Å². The van der Waals surface area contributed by atoms with Gasteiger partial charge in [-0.05, 0) is 18.6 Å². The maximum Gasteiger partial charge on any atom is 0.296 e. The minimum atomic E-state index is -3.57. The van der Waals surface area contributed by atoms with E-state index in [0.29, 0.717) is 0 Å². The molecule has 1 aromatic rings. The van der Waals surface area contributed by atoms with Crippen molar-refractivity contribution < 1.29 is 12.6 Å². The van der Waals surface area contributed by atoms with Crippen molar-refractivity contribution in [1.29, 1.82) is 0 Å². The summed E-state index contributed by atoms with van der Waals surface area (Å²) >= 11 is 0. The maximum atomic E-state index is 11.9. The molecule has 0 aliphatic rings. The van der Waals surface area contributed by atoms with Gasteiger partial charge in [-0.15, -0.1) is 0 Å². The van der Waals surface area contributed by atoms with E-state index in [0.717, 1.165) is 12.8 Å². The van der Waals surface area contributed by atoms with Gasteiger partial charge in [0.15, 0.2) is 0 Å². The van der Waals surface area contributed by atoms with Crippen LogP contribution in [0.5, 0.6) is 0 Å². The predicted molar refractivity (Wildman–Crippen MR) is 109 cm³/mol. The standard InChI is InChI=1S/C18H30O3S.3Na/c1-2-3-4-5-6-7-8-9-10-14-17-21-22(19,20)18-15-12-11-13-16-18;;;/h11-13,15-16H,2-10,14,17H2,1H3;;;. The van der Waals surface area contributed by atoms with Crippen LogP contribution in [0.15, 0.2) is 35.2 Å². The molecule has 0 saturated heterocycles. The van der Waals surface area contributed by atoms with Crippen LogP contribution in [-0.4, -0.2) is 104 Å². The Morgan fingerprint density at radius 1 is 0.720 bits per heavy atom. The van der Waals surface area contributed by atoms with E-state index in [1.54, 1.807) is 30.3 Å². The van der Waals surface area contributed by atoms with Gasteiger partial charge in [-0.2, -0.15) is 8.42 Å². The molecule has 1 aromatic carbocycles. The van der Waals surface area contributed by atoms with E-state index in [2.05, 4.69) is 6.92 Å². The largest absolute Gasteiger partial charge is 0.296 e. The van der Waals surface area contributed by atoms with Gasteiger partial charge in [-0.3, -0.25) is 4.18 Å². The summed E-state index contributed by atoms with van der Waals surface area (Å²) in [6, 6.07) is 8.33. The minimum Gasteiger partial charge on any atom is -0.266 e. The van der Waals surface area contributed by atoms with Crippen LogP contribution in [0.3, 0.4) is 0 Å². The number of hydrogen-bond acceptors (Lipinski definition) is 3. The molecular weight excluding hydrogens is 365 g/mol. The van der Waals surface area contributed by atoms with Crippen molar-refractivity contribution in [3.05, 3.63) is 30.3 Å². The molecule has 1 rings (SSSR count). The molecule has 0 aliphatic carbocycles. The van der Waals surface area contributed by atoms with Gasteiger partial charge in [0, 0.05) is 88.7 Å². The Kier molecular flexibility index (Phi) is 26.5. The molecule has 0 fully saturated rings. The molecule has 0 saturated carbocycles. The average molecular weight is 395 g/mol. The van der Waals surface area contributed by atoms with E-state index in [1.165, 1.54) is 51.4 Å². The monoisotopic (exact) mass is 395 g/mol. The molecular formula is C18H30Na3O3S. The van der Waals surface area contributed by atoms with Gasteiger partial charge in [0.1, 0.15) is 0 Å². The molecule has 0 aliphatic heterocycles. The van der Waals surface area contributed by atoms with Crippen molar-refractivity contribution in [2.24, 2.45) is 0 Å². The molecule has 0 atom stereocenters. The summed E-state index contributed by atoms with van der Waals surface area (Å²) in [6.07, 6.45) is 12.3. The maximum absolute atomic E-state index is 11.9. The Balaban J connectivity index is -0.00000161. The SMILES string of the molecule is CCCCCCCCCCCCOS(=O)(=O)c1ccccc1.[Na].[Na].[Na]. The quantitative estimate of drug-likeness (QED) is 0.286. The van der Waals surface area contributed by atoms with Gasteiger partial charge in [0.05, 0.1) is 11.5 Å². The molecule has 25 heavy (non-hydrogen) atoms. The summed E-state index contributed by atoms with van der Waals surface area (Å²) < 4.78 is 28.8. The van der Waals surface area contributed by atoms with E-state index in [-0.39, 0.29) is 100 Å². The number of hydrogen-bond donors (Lipinski definition) is 0. The summed E-state index contributed by atoms with van der Waals surface area (Å²) in [4.78, 5) is 0.238. The third kappa shape index (κ3) is 16.8. The van der Waals surface area contributed by atoms with Crippen molar-refractivity contribution in [3.63, 3.8) is 0 Å². The van der Waals surface area contributed by atoms with Gasteiger partial charge in [0.2, 0.25) is 0 Å². The number of unbranched alkanes of at least 4 members (excludes halogenated alkanes) is 9. The smallest absolute Gasteiger partial charge is 0.266 e. The first kappa shape index (κ1) is 31.8. The van der Waals surface area contributed by atoms with Crippen LogP contribution < -0.4 is 0 Å². The second kappa shape index (κ2) is 20.9. The molecule has 0 heterocycles. The Labute approximate surface area is 221 Å². The van der Waals surface area contributed by atoms with Gasteiger partial charge in [-0.1, -0.05) is 82.9 Å². The van der Waals surface area contributed by atoms with Crippen LogP contribution in [0.1, 0.15) is 71.1 Å². The third-order valence-electron chi connectivity index (χ3n) is 3.77. The van der Waals surface area contributed by atoms with Crippen LogP contribution in [0.2, 0.25) is 0 Å². The summed E-state index contributed by atoms with van der Waals surface area (Å²) in [7, 11) is -3.57. The molecule has 3 nitrogen and oxygen atoms in total. The van der Waals surface area contributed by atoms with Crippen LogP contribution in [0.4, 0.5) is 0 Å². The first-order chi connectivity index (χ1) is 10.7. The van der Waals surface area contributed by atoms with Gasteiger partial charge >= 0.3 is 0 Å². The van der Waals surface area contributed by atoms with Crippen molar-refractivity contribution in [3.8, 4) is 0 Å². The molecule has 0 spiro atoms. The Morgan fingerprint density at radius 2 is 1.16 bits per heavy atom. The summed E-state index contributed by atoms with van der Waals surface area (Å²) in [6.45, 7) is 2.52. The molecule has 3 radical (unpaired) electrons. The third-order valence-corrected chi connectivity index (χ3v) is 5.09. The van der Waals surface area contributed by atoms with Crippen molar-refractivity contribution in [1.82, 2.24) is 0 Å². The first-order valence-corrected chi connectivity index (χ1v) is 10.0. The molecule has 0 amide bonds. The number of rotatable bonds is 13. The van der Waals surface area contributed by atoms with Crippen LogP contribution in [0.25, 0.3) is 0 Å². The second-order valence-electron chi connectivity index (χ2n) is 5.77. The fourth-order valence-electron chi connectivity index (χ4n) is 2.41. The van der Waals surface area contributed by atoms with E-state index in [9.17, 15) is 8.42 Å². The first-order valence-electron chi connectivity index (χ1n) is 8.61. The normalized spacial score (nSPS) is 10.3. The minimum absolute atomic E-state index is 0. The topological polar surface area (TPSA) is 43.4 Å².